The molecule has 1 aliphatic heterocycles. The van der Waals surface area contributed by atoms with E-state index in [2.05, 4.69) is 4.84 Å². The van der Waals surface area contributed by atoms with Crippen LogP contribution in [0.5, 0.6) is 0 Å². The number of hydrogen-bond acceptors (Lipinski definition) is 5. The van der Waals surface area contributed by atoms with Crippen LogP contribution in [0.4, 0.5) is 58.4 Å². The molecule has 21 heteroatoms. The van der Waals surface area contributed by atoms with E-state index in [1.807, 2.05) is 5.48 Å². The smallest absolute Gasteiger partial charge is 0.310 e. The lowest BCUT2D eigenvalue weighted by molar-refractivity contribution is -0.269. The third-order valence-electron chi connectivity index (χ3n) is 6.30. The highest BCUT2D eigenvalue weighted by Gasteiger charge is 2.60. The molecule has 0 aliphatic carbocycles. The van der Waals surface area contributed by atoms with Crippen LogP contribution in [0.15, 0.2) is 42.5 Å². The molecule has 1 aliphatic rings. The van der Waals surface area contributed by atoms with Crippen LogP contribution in [0.25, 0.3) is 5.70 Å². The lowest BCUT2D eigenvalue weighted by Gasteiger charge is -2.29. The van der Waals surface area contributed by atoms with Crippen molar-refractivity contribution >= 4 is 49.9 Å². The summed E-state index contributed by atoms with van der Waals surface area (Å²) in [5.41, 5.74) is -8.83. The Morgan fingerprint density at radius 1 is 0.957 bits per heavy atom. The topological polar surface area (TPSA) is 87.7 Å². The molecule has 7 nitrogen and oxygen atoms in total. The summed E-state index contributed by atoms with van der Waals surface area (Å²) in [6.07, 6.45) is -21.8. The zero-order valence-electron chi connectivity index (χ0n) is 22.7. The van der Waals surface area contributed by atoms with Gasteiger partial charge in [-0.15, -0.1) is 0 Å². The van der Waals surface area contributed by atoms with Gasteiger partial charge in [0.25, 0.3) is 5.91 Å². The van der Waals surface area contributed by atoms with Crippen LogP contribution in [0.2, 0.25) is 5.02 Å². The molecule has 2 amide bonds. The van der Waals surface area contributed by atoms with E-state index in [1.54, 1.807) is 0 Å². The Morgan fingerprint density at radius 2 is 1.50 bits per heavy atom. The van der Waals surface area contributed by atoms with E-state index >= 15 is 0 Å². The first-order valence-corrected chi connectivity index (χ1v) is 14.3. The van der Waals surface area contributed by atoms with Crippen LogP contribution in [0, 0.1) is 0 Å². The van der Waals surface area contributed by atoms with Gasteiger partial charge in [0.05, 0.1) is 42.6 Å². The van der Waals surface area contributed by atoms with Gasteiger partial charge < -0.3 is 4.90 Å². The fourth-order valence-corrected chi connectivity index (χ4v) is 5.45. The third kappa shape index (κ3) is 7.65. The Hall–Kier alpha value is -3.65. The van der Waals surface area contributed by atoms with Crippen LogP contribution in [0.1, 0.15) is 29.2 Å². The van der Waals surface area contributed by atoms with Gasteiger partial charge in [-0.25, -0.2) is 4.21 Å². The molecule has 1 heterocycles. The van der Waals surface area contributed by atoms with Gasteiger partial charge in [-0.2, -0.15) is 52.7 Å². The van der Waals surface area contributed by atoms with Gasteiger partial charge in [0, 0.05) is 23.9 Å². The molecule has 254 valence electrons. The highest BCUT2D eigenvalue weighted by molar-refractivity contribution is 8.01. The van der Waals surface area contributed by atoms with Crippen molar-refractivity contribution in [2.24, 2.45) is 0 Å². The van der Waals surface area contributed by atoms with Gasteiger partial charge >= 0.3 is 30.6 Å². The number of hydroxylamine groups is 1. The molecule has 0 spiro atoms. The highest BCUT2D eigenvalue weighted by Crippen LogP contribution is 2.50. The average Bonchev–Trinajstić information content (AvgIpc) is 3.38. The number of nitrogens with one attached hydrogen (secondary N) is 2. The number of carbonyl (C=O) groups excluding carboxylic acids is 2. The number of halogens is 13. The van der Waals surface area contributed by atoms with Gasteiger partial charge in [-0.3, -0.25) is 24.6 Å². The second kappa shape index (κ2) is 12.2. The maximum Gasteiger partial charge on any atom is 0.472 e. The van der Waals surface area contributed by atoms with E-state index in [9.17, 15) is 66.5 Å². The quantitative estimate of drug-likeness (QED) is 0.268. The zero-order chi connectivity index (χ0) is 35.3. The summed E-state index contributed by atoms with van der Waals surface area (Å²) < 4.78 is 175. The molecule has 2 atom stereocenters. The molecule has 0 saturated carbocycles. The number of benzene rings is 2. The van der Waals surface area contributed by atoms with Crippen LogP contribution in [0.3, 0.4) is 0 Å². The van der Waals surface area contributed by atoms with Crippen molar-refractivity contribution in [3.8, 4) is 0 Å². The van der Waals surface area contributed by atoms with E-state index in [0.29, 0.717) is 10.3 Å². The second-order valence-corrected chi connectivity index (χ2v) is 12.3. The first-order valence-electron chi connectivity index (χ1n) is 12.1. The van der Waals surface area contributed by atoms with E-state index in [1.165, 1.54) is 4.72 Å². The number of amides is 2. The first kappa shape index (κ1) is 36.8. The monoisotopic (exact) mass is 719 g/mol. The number of hydrogen-bond donors (Lipinski definition) is 2. The Balaban J connectivity index is 2.05. The fourth-order valence-electron chi connectivity index (χ4n) is 3.86. The Labute approximate surface area is 256 Å². The summed E-state index contributed by atoms with van der Waals surface area (Å²) in [7, 11) is -3.02. The molecule has 2 N–H and O–H groups in total. The van der Waals surface area contributed by atoms with Crippen LogP contribution in [-0.4, -0.2) is 46.5 Å². The van der Waals surface area contributed by atoms with Crippen LogP contribution in [-0.2, 0) is 42.1 Å². The van der Waals surface area contributed by atoms with E-state index < -0.39 is 85.0 Å². The van der Waals surface area contributed by atoms with Crippen molar-refractivity contribution in [3.05, 3.63) is 69.8 Å². The maximum absolute atomic E-state index is 14.3. The van der Waals surface area contributed by atoms with Crippen LogP contribution < -0.4 is 15.1 Å². The van der Waals surface area contributed by atoms with Gasteiger partial charge in [0.15, 0.2) is 0 Å². The second-order valence-electron chi connectivity index (χ2n) is 9.42. The molecule has 2 aromatic carbocycles. The normalized spacial score (nSPS) is 18.7. The Bertz CT molecular complexity index is 1660. The van der Waals surface area contributed by atoms with Crippen molar-refractivity contribution in [2.45, 2.75) is 37.2 Å². The SMILES string of the molecule is CCS(=O)(=CC(=O)N(C)c1ccc(C2=CC(c3cc(C(F)(F)F)cc(C(F)(F)F)c3)(C(F)(F)F)ON2)cc1Cl)NC(=O)C(F)(F)F. The summed E-state index contributed by atoms with van der Waals surface area (Å²) in [6.45, 7) is 1.11. The minimum absolute atomic E-state index is 0.150. The lowest BCUT2D eigenvalue weighted by Crippen LogP contribution is -2.43. The van der Waals surface area contributed by atoms with Crippen molar-refractivity contribution in [1.29, 1.82) is 0 Å². The van der Waals surface area contributed by atoms with Crippen molar-refractivity contribution < 1.29 is 71.3 Å². The predicted molar refractivity (Wildman–Crippen MR) is 140 cm³/mol. The number of anilines is 1. The van der Waals surface area contributed by atoms with Gasteiger partial charge in [-0.1, -0.05) is 24.6 Å². The minimum atomic E-state index is -5.63. The summed E-state index contributed by atoms with van der Waals surface area (Å²) in [6, 6.07) is 2.23. The Morgan fingerprint density at radius 3 is 1.93 bits per heavy atom. The van der Waals surface area contributed by atoms with E-state index in [4.69, 9.17) is 11.6 Å². The van der Waals surface area contributed by atoms with Crippen molar-refractivity contribution in [3.63, 3.8) is 0 Å². The maximum atomic E-state index is 14.3. The summed E-state index contributed by atoms with van der Waals surface area (Å²) in [4.78, 5) is 29.2. The lowest BCUT2D eigenvalue weighted by atomic mass is 9.88. The number of alkyl halides is 12. The van der Waals surface area contributed by atoms with Gasteiger partial charge in [0.2, 0.25) is 5.60 Å². The van der Waals surface area contributed by atoms with Crippen molar-refractivity contribution in [2.75, 3.05) is 17.7 Å². The molecule has 0 saturated heterocycles. The molecule has 0 bridgehead atoms. The molecule has 0 radical (unpaired) electrons. The third-order valence-corrected chi connectivity index (χ3v) is 8.57. The molecule has 3 rings (SSSR count). The van der Waals surface area contributed by atoms with Crippen LogP contribution >= 0.6 is 11.6 Å². The summed E-state index contributed by atoms with van der Waals surface area (Å²) in [5, 5.41) is -0.118. The minimum Gasteiger partial charge on any atom is -0.310 e. The highest BCUT2D eigenvalue weighted by atomic mass is 35.5. The van der Waals surface area contributed by atoms with E-state index in [-0.39, 0.29) is 35.5 Å². The fraction of sp³-hybridized carbons (Fsp3) is 0.320. The van der Waals surface area contributed by atoms with Gasteiger partial charge in [-0.05, 0) is 36.4 Å². The predicted octanol–water partition coefficient (Wildman–Crippen LogP) is 6.37. The molecular formula is C25H18ClF12N3O4S. The average molecular weight is 720 g/mol. The largest absolute Gasteiger partial charge is 0.472 e. The Kier molecular flexibility index (Phi) is 9.75. The van der Waals surface area contributed by atoms with Gasteiger partial charge in [0.1, 0.15) is 0 Å². The molecule has 2 aromatic rings. The van der Waals surface area contributed by atoms with E-state index in [0.717, 1.165) is 32.2 Å². The zero-order valence-corrected chi connectivity index (χ0v) is 24.3. The number of nitrogens with zero attached hydrogens (tertiary/aromatic N) is 1. The summed E-state index contributed by atoms with van der Waals surface area (Å²) in [5.74, 6) is -4.44. The number of rotatable bonds is 6. The molecule has 0 fully saturated rings. The first-order chi connectivity index (χ1) is 20.7. The molecule has 2 unspecified atom stereocenters. The summed E-state index contributed by atoms with van der Waals surface area (Å²) >= 11 is 6.15. The van der Waals surface area contributed by atoms with Crippen molar-refractivity contribution in [1.82, 2.24) is 10.2 Å². The number of carbonyl (C=O) groups is 2. The molecule has 0 aromatic heterocycles. The molecular weight excluding hydrogens is 702 g/mol. The standard InChI is InChI=1S/C25H18ClF12N3O4S/c1-3-46(44,40-20(43)24(33,34)35)11-19(42)41(2)18-5-4-12(6-16(18)26)17-10-21(45-39-17,25(36,37)38)13-7-14(22(27,28)29)9-15(8-13)23(30,31)32/h4-11,39H,3H2,1-2H3,(H,40,43,44). The molecule has 46 heavy (non-hydrogen) atoms.